The molecule has 0 saturated carbocycles. The highest BCUT2D eigenvalue weighted by atomic mass is 35.5. The molecule has 0 aromatic heterocycles. The van der Waals surface area contributed by atoms with Gasteiger partial charge in [0.2, 0.25) is 5.91 Å². The zero-order chi connectivity index (χ0) is 15.2. The molecule has 22 heavy (non-hydrogen) atoms. The van der Waals surface area contributed by atoms with Crippen LogP contribution in [0.15, 0.2) is 0 Å². The lowest BCUT2D eigenvalue weighted by Crippen LogP contribution is -2.57. The predicted molar refractivity (Wildman–Crippen MR) is 89.4 cm³/mol. The number of halogens is 1. The number of rotatable bonds is 3. The highest BCUT2D eigenvalue weighted by molar-refractivity contribution is 5.85. The zero-order valence-electron chi connectivity index (χ0n) is 13.7. The van der Waals surface area contributed by atoms with Gasteiger partial charge in [-0.1, -0.05) is 6.42 Å². The van der Waals surface area contributed by atoms with Crippen LogP contribution in [0.3, 0.4) is 0 Å². The molecule has 0 spiro atoms. The summed E-state index contributed by atoms with van der Waals surface area (Å²) in [5, 5.41) is 3.31. The highest BCUT2D eigenvalue weighted by Crippen LogP contribution is 2.12. The van der Waals surface area contributed by atoms with Crippen LogP contribution in [0.2, 0.25) is 0 Å². The average molecular weight is 333 g/mol. The summed E-state index contributed by atoms with van der Waals surface area (Å²) in [5.74, 6) is 0.213. The van der Waals surface area contributed by atoms with Crippen molar-refractivity contribution < 1.29 is 9.59 Å². The van der Waals surface area contributed by atoms with E-state index in [1.54, 1.807) is 0 Å². The summed E-state index contributed by atoms with van der Waals surface area (Å²) in [6, 6.07) is 0.0895. The lowest BCUT2D eigenvalue weighted by molar-refractivity contribution is -0.135. The first-order valence-electron chi connectivity index (χ1n) is 8.23. The molecule has 1 N–H and O–H groups in total. The largest absolute Gasteiger partial charge is 0.338 e. The van der Waals surface area contributed by atoms with E-state index in [0.717, 1.165) is 38.9 Å². The molecule has 0 bridgehead atoms. The van der Waals surface area contributed by atoms with Crippen LogP contribution in [-0.4, -0.2) is 78.5 Å². The number of piperazine rings is 1. The van der Waals surface area contributed by atoms with Crippen molar-refractivity contribution in [1.82, 2.24) is 20.0 Å². The molecule has 0 aromatic carbocycles. The molecule has 2 fully saturated rings. The van der Waals surface area contributed by atoms with Gasteiger partial charge < -0.3 is 20.0 Å². The Bertz CT molecular complexity index is 363. The van der Waals surface area contributed by atoms with Gasteiger partial charge in [-0.05, 0) is 33.2 Å². The molecule has 2 aliphatic heterocycles. The topological polar surface area (TPSA) is 55.9 Å². The maximum Gasteiger partial charge on any atom is 0.320 e. The molecule has 2 rings (SSSR count). The second kappa shape index (κ2) is 9.20. The Balaban J connectivity index is 0.00000242. The van der Waals surface area contributed by atoms with Crippen molar-refractivity contribution in [1.29, 1.82) is 0 Å². The van der Waals surface area contributed by atoms with Gasteiger partial charge in [-0.25, -0.2) is 4.79 Å². The van der Waals surface area contributed by atoms with Gasteiger partial charge in [0.05, 0.1) is 6.04 Å². The van der Waals surface area contributed by atoms with Crippen molar-refractivity contribution in [3.05, 3.63) is 0 Å². The molecule has 2 aliphatic rings. The Labute approximate surface area is 139 Å². The van der Waals surface area contributed by atoms with Crippen molar-refractivity contribution in [2.45, 2.75) is 39.2 Å². The fraction of sp³-hybridized carbons (Fsp3) is 0.867. The molecular formula is C15H29ClN4O2. The van der Waals surface area contributed by atoms with Crippen LogP contribution in [0.1, 0.15) is 33.1 Å². The van der Waals surface area contributed by atoms with Crippen LogP contribution in [0, 0.1) is 0 Å². The Kier molecular flexibility index (Phi) is 7.96. The van der Waals surface area contributed by atoms with E-state index in [-0.39, 0.29) is 30.4 Å². The number of hydrogen-bond donors (Lipinski definition) is 1. The van der Waals surface area contributed by atoms with Crippen molar-refractivity contribution in [3.63, 3.8) is 0 Å². The summed E-state index contributed by atoms with van der Waals surface area (Å²) in [5.41, 5.74) is 0. The van der Waals surface area contributed by atoms with Crippen LogP contribution in [0.25, 0.3) is 0 Å². The Morgan fingerprint density at radius 1 is 1.05 bits per heavy atom. The first-order chi connectivity index (χ1) is 10.2. The lowest BCUT2D eigenvalue weighted by atomic mass is 10.0. The number of nitrogens with one attached hydrogen (secondary N) is 1. The summed E-state index contributed by atoms with van der Waals surface area (Å²) < 4.78 is 0. The van der Waals surface area contributed by atoms with Gasteiger partial charge in [-0.2, -0.15) is 0 Å². The maximum atomic E-state index is 12.4. The van der Waals surface area contributed by atoms with Crippen LogP contribution in [0.5, 0.6) is 0 Å². The quantitative estimate of drug-likeness (QED) is 0.843. The van der Waals surface area contributed by atoms with Crippen LogP contribution < -0.4 is 5.32 Å². The maximum absolute atomic E-state index is 12.4. The molecule has 0 aliphatic carbocycles. The van der Waals surface area contributed by atoms with E-state index >= 15 is 0 Å². The third-order valence-corrected chi connectivity index (χ3v) is 4.50. The summed E-state index contributed by atoms with van der Waals surface area (Å²) in [7, 11) is 0. The summed E-state index contributed by atoms with van der Waals surface area (Å²) in [6.45, 7) is 9.01. The predicted octanol–water partition coefficient (Wildman–Crippen LogP) is 1.16. The van der Waals surface area contributed by atoms with E-state index < -0.39 is 0 Å². The number of amides is 3. The molecule has 6 nitrogen and oxygen atoms in total. The van der Waals surface area contributed by atoms with Crippen molar-refractivity contribution in [3.8, 4) is 0 Å². The number of hydrogen-bond acceptors (Lipinski definition) is 3. The molecular weight excluding hydrogens is 304 g/mol. The number of nitrogens with zero attached hydrogens (tertiary/aromatic N) is 3. The van der Waals surface area contributed by atoms with E-state index in [9.17, 15) is 9.59 Å². The van der Waals surface area contributed by atoms with Gasteiger partial charge >= 0.3 is 6.03 Å². The molecule has 7 heteroatoms. The van der Waals surface area contributed by atoms with Gasteiger partial charge in [0.15, 0.2) is 0 Å². The Morgan fingerprint density at radius 2 is 1.64 bits per heavy atom. The SMILES string of the molecule is CCN(CC)C(=O)N1CCN(C(=O)C2CCCCN2)CC1.Cl. The smallest absolute Gasteiger partial charge is 0.320 e. The minimum absolute atomic E-state index is 0. The lowest BCUT2D eigenvalue weighted by Gasteiger charge is -2.38. The van der Waals surface area contributed by atoms with E-state index in [2.05, 4.69) is 5.32 Å². The van der Waals surface area contributed by atoms with E-state index in [1.165, 1.54) is 0 Å². The number of piperidine rings is 1. The number of carbonyl (C=O) groups excluding carboxylic acids is 2. The average Bonchev–Trinajstić information content (AvgIpc) is 2.56. The van der Waals surface area contributed by atoms with E-state index in [4.69, 9.17) is 0 Å². The summed E-state index contributed by atoms with van der Waals surface area (Å²) >= 11 is 0. The minimum atomic E-state index is -0.0104. The molecule has 2 heterocycles. The van der Waals surface area contributed by atoms with Crippen LogP contribution in [-0.2, 0) is 4.79 Å². The second-order valence-corrected chi connectivity index (χ2v) is 5.77. The third kappa shape index (κ3) is 4.49. The molecule has 1 unspecified atom stereocenters. The van der Waals surface area contributed by atoms with Crippen molar-refractivity contribution in [2.75, 3.05) is 45.8 Å². The summed E-state index contributed by atoms with van der Waals surface area (Å²) in [4.78, 5) is 30.3. The first kappa shape index (κ1) is 19.0. The molecule has 1 atom stereocenters. The summed E-state index contributed by atoms with van der Waals surface area (Å²) in [6.07, 6.45) is 3.23. The van der Waals surface area contributed by atoms with Crippen LogP contribution >= 0.6 is 12.4 Å². The van der Waals surface area contributed by atoms with Gasteiger partial charge in [0, 0.05) is 39.3 Å². The monoisotopic (exact) mass is 332 g/mol. The third-order valence-electron chi connectivity index (χ3n) is 4.50. The van der Waals surface area contributed by atoms with Crippen molar-refractivity contribution >= 4 is 24.3 Å². The number of carbonyl (C=O) groups is 2. The number of urea groups is 1. The van der Waals surface area contributed by atoms with Gasteiger partial charge in [0.1, 0.15) is 0 Å². The molecule has 3 amide bonds. The van der Waals surface area contributed by atoms with Gasteiger partial charge in [0.25, 0.3) is 0 Å². The van der Waals surface area contributed by atoms with Gasteiger partial charge in [-0.15, -0.1) is 12.4 Å². The molecule has 128 valence electrons. The Hall–Kier alpha value is -1.01. The second-order valence-electron chi connectivity index (χ2n) is 5.77. The molecule has 0 aromatic rings. The van der Waals surface area contributed by atoms with Crippen LogP contribution in [0.4, 0.5) is 4.79 Å². The first-order valence-corrected chi connectivity index (χ1v) is 8.23. The zero-order valence-corrected chi connectivity index (χ0v) is 14.5. The standard InChI is InChI=1S/C15H28N4O2.ClH/c1-3-17(4-2)15(21)19-11-9-18(10-12-19)14(20)13-7-5-6-8-16-13;/h13,16H,3-12H2,1-2H3;1H. The van der Waals surface area contributed by atoms with E-state index in [1.807, 2.05) is 28.5 Å². The normalized spacial score (nSPS) is 22.0. The molecule has 2 saturated heterocycles. The minimum Gasteiger partial charge on any atom is -0.338 e. The van der Waals surface area contributed by atoms with Gasteiger partial charge in [-0.3, -0.25) is 4.79 Å². The highest BCUT2D eigenvalue weighted by Gasteiger charge is 2.30. The fourth-order valence-electron chi connectivity index (χ4n) is 3.10. The fourth-order valence-corrected chi connectivity index (χ4v) is 3.10. The van der Waals surface area contributed by atoms with E-state index in [0.29, 0.717) is 26.2 Å². The Morgan fingerprint density at radius 3 is 2.14 bits per heavy atom. The van der Waals surface area contributed by atoms with Crippen molar-refractivity contribution in [2.24, 2.45) is 0 Å². The molecule has 0 radical (unpaired) electrons.